The minimum atomic E-state index is -1.30. The lowest BCUT2D eigenvalue weighted by Gasteiger charge is -2.62. The average molecular weight is 561 g/mol. The second kappa shape index (κ2) is 11.5. The van der Waals surface area contributed by atoms with Gasteiger partial charge in [-0.2, -0.15) is 5.06 Å². The summed E-state index contributed by atoms with van der Waals surface area (Å²) in [6, 6.07) is 16.3. The molecule has 1 aliphatic heterocycles. The van der Waals surface area contributed by atoms with Crippen molar-refractivity contribution in [1.82, 2.24) is 10.4 Å². The van der Waals surface area contributed by atoms with Crippen molar-refractivity contribution < 1.29 is 25.0 Å². The Labute approximate surface area is 243 Å². The van der Waals surface area contributed by atoms with E-state index in [4.69, 9.17) is 4.84 Å². The Morgan fingerprint density at radius 1 is 1.20 bits per heavy atom. The van der Waals surface area contributed by atoms with E-state index in [0.29, 0.717) is 23.2 Å². The molecule has 3 aliphatic carbocycles. The van der Waals surface area contributed by atoms with Crippen LogP contribution in [0.15, 0.2) is 54.6 Å². The molecule has 2 aromatic carbocycles. The van der Waals surface area contributed by atoms with E-state index < -0.39 is 29.8 Å². The summed E-state index contributed by atoms with van der Waals surface area (Å²) in [7, 11) is 0. The zero-order valence-electron chi connectivity index (χ0n) is 24.7. The Bertz CT molecular complexity index is 1300. The summed E-state index contributed by atoms with van der Waals surface area (Å²) >= 11 is 0. The molecule has 7 nitrogen and oxygen atoms in total. The highest BCUT2D eigenvalue weighted by molar-refractivity contribution is 5.82. The fourth-order valence-corrected chi connectivity index (χ4v) is 7.44. The molecule has 2 aromatic rings. The van der Waals surface area contributed by atoms with Crippen molar-refractivity contribution in [3.63, 3.8) is 0 Å². The van der Waals surface area contributed by atoms with Crippen LogP contribution in [-0.4, -0.2) is 57.2 Å². The molecule has 0 spiro atoms. The standard InChI is InChI=1S/C34H44N2O5/c1-21-27-17-26(33(27,3)4)18-28(21)35-32(39)31-30(22(2)38)29(20-37)41-36(31)19-24-11-9-10-23(16-24)14-15-34(5,40)25-12-7-6-8-13-25/h6-13,16,21-22,26-31,37-38,40H,17-20H2,1-5H3,(H,35,39)/t21-,22?,26+,27-,28-,29-,30+,31-,34?/m0/s1. The fourth-order valence-electron chi connectivity index (χ4n) is 7.44. The minimum Gasteiger partial charge on any atom is -0.394 e. The van der Waals surface area contributed by atoms with E-state index in [-0.39, 0.29) is 25.1 Å². The van der Waals surface area contributed by atoms with Crippen LogP contribution in [0.4, 0.5) is 0 Å². The highest BCUT2D eigenvalue weighted by Crippen LogP contribution is 2.61. The van der Waals surface area contributed by atoms with Gasteiger partial charge in [0.2, 0.25) is 5.91 Å². The van der Waals surface area contributed by atoms with Gasteiger partial charge in [-0.05, 0) is 73.1 Å². The maximum Gasteiger partial charge on any atom is 0.240 e. The molecule has 1 amide bonds. The maximum absolute atomic E-state index is 13.9. The molecule has 3 saturated carbocycles. The lowest BCUT2D eigenvalue weighted by molar-refractivity contribution is -0.183. The van der Waals surface area contributed by atoms with Gasteiger partial charge in [0.1, 0.15) is 17.7 Å². The van der Waals surface area contributed by atoms with Crippen molar-refractivity contribution in [3.05, 3.63) is 71.3 Å². The molecule has 0 aromatic heterocycles. The normalized spacial score (nSPS) is 32.6. The van der Waals surface area contributed by atoms with E-state index in [1.54, 1.807) is 18.9 Å². The quantitative estimate of drug-likeness (QED) is 0.386. The van der Waals surface area contributed by atoms with Gasteiger partial charge in [0.15, 0.2) is 0 Å². The number of benzene rings is 2. The first-order valence-corrected chi connectivity index (χ1v) is 14.8. The minimum absolute atomic E-state index is 0.0833. The highest BCUT2D eigenvalue weighted by Gasteiger charge is 2.57. The Hall–Kier alpha value is -2.73. The second-order valence-corrected chi connectivity index (χ2v) is 13.1. The van der Waals surface area contributed by atoms with Crippen LogP contribution in [0.5, 0.6) is 0 Å². The molecule has 4 aliphatic rings. The molecule has 6 rings (SSSR count). The summed E-state index contributed by atoms with van der Waals surface area (Å²) in [4.78, 5) is 20.0. The Balaban J connectivity index is 1.34. The lowest BCUT2D eigenvalue weighted by Crippen LogP contribution is -2.62. The van der Waals surface area contributed by atoms with Gasteiger partial charge < -0.3 is 20.6 Å². The van der Waals surface area contributed by atoms with Crippen LogP contribution in [0.25, 0.3) is 0 Å². The smallest absolute Gasteiger partial charge is 0.240 e. The van der Waals surface area contributed by atoms with E-state index >= 15 is 0 Å². The number of nitrogens with one attached hydrogen (secondary N) is 1. The Kier molecular flexibility index (Phi) is 8.35. The SMILES string of the molecule is CC(O)[C@@H]1[C@H](CO)ON(Cc2cccc(C#CC(C)(O)c3ccccc3)c2)[C@@H]1C(=O)N[C@H]1C[C@H]2C[C@@H]([C@@H]1C)C2(C)C. The number of carbonyl (C=O) groups excluding carboxylic acids is 1. The fraction of sp³-hybridized carbons (Fsp3) is 0.559. The number of hydroxylamine groups is 2. The van der Waals surface area contributed by atoms with Gasteiger partial charge in [0, 0.05) is 17.5 Å². The third-order valence-electron chi connectivity index (χ3n) is 10.1. The van der Waals surface area contributed by atoms with E-state index in [1.807, 2.05) is 54.6 Å². The molecule has 2 bridgehead atoms. The summed E-state index contributed by atoms with van der Waals surface area (Å²) < 4.78 is 0. The summed E-state index contributed by atoms with van der Waals surface area (Å²) in [5.74, 6) is 6.88. The van der Waals surface area contributed by atoms with Crippen molar-refractivity contribution in [3.8, 4) is 11.8 Å². The molecular weight excluding hydrogens is 516 g/mol. The number of amides is 1. The van der Waals surface area contributed by atoms with E-state index in [9.17, 15) is 20.1 Å². The number of aliphatic hydroxyl groups is 3. The molecule has 220 valence electrons. The van der Waals surface area contributed by atoms with Gasteiger partial charge in [-0.25, -0.2) is 0 Å². The van der Waals surface area contributed by atoms with E-state index in [0.717, 1.165) is 23.1 Å². The van der Waals surface area contributed by atoms with Gasteiger partial charge in [0.25, 0.3) is 0 Å². The van der Waals surface area contributed by atoms with Gasteiger partial charge in [0.05, 0.1) is 19.3 Å². The Morgan fingerprint density at radius 3 is 2.56 bits per heavy atom. The van der Waals surface area contributed by atoms with Crippen molar-refractivity contribution in [2.75, 3.05) is 6.61 Å². The lowest BCUT2D eigenvalue weighted by atomic mass is 9.45. The van der Waals surface area contributed by atoms with E-state index in [2.05, 4.69) is 37.9 Å². The summed E-state index contributed by atoms with van der Waals surface area (Å²) in [6.45, 7) is 10.2. The number of carbonyl (C=O) groups is 1. The zero-order chi connectivity index (χ0) is 29.5. The maximum atomic E-state index is 13.9. The molecule has 1 saturated heterocycles. The third-order valence-corrected chi connectivity index (χ3v) is 10.1. The summed E-state index contributed by atoms with van der Waals surface area (Å²) in [5.41, 5.74) is 1.32. The number of aliphatic hydroxyl groups excluding tert-OH is 2. The molecule has 1 heterocycles. The average Bonchev–Trinajstić information content (AvgIpc) is 3.32. The number of rotatable bonds is 7. The van der Waals surface area contributed by atoms with Crippen LogP contribution < -0.4 is 5.32 Å². The largest absolute Gasteiger partial charge is 0.394 e. The number of fused-ring (bicyclic) bond motifs is 2. The van der Waals surface area contributed by atoms with Crippen molar-refractivity contribution in [2.45, 2.75) is 83.9 Å². The first-order chi connectivity index (χ1) is 19.4. The predicted molar refractivity (Wildman–Crippen MR) is 157 cm³/mol. The monoisotopic (exact) mass is 560 g/mol. The van der Waals surface area contributed by atoms with Gasteiger partial charge in [-0.1, -0.05) is 75.1 Å². The summed E-state index contributed by atoms with van der Waals surface area (Å²) in [6.07, 6.45) is 0.648. The number of hydrogen-bond donors (Lipinski definition) is 4. The van der Waals surface area contributed by atoms with E-state index in [1.165, 1.54) is 6.42 Å². The zero-order valence-corrected chi connectivity index (χ0v) is 24.7. The molecular formula is C34H44N2O5. The molecule has 0 radical (unpaired) electrons. The van der Waals surface area contributed by atoms with Crippen molar-refractivity contribution in [1.29, 1.82) is 0 Å². The molecule has 2 unspecified atom stereocenters. The van der Waals surface area contributed by atoms with Crippen molar-refractivity contribution >= 4 is 5.91 Å². The van der Waals surface area contributed by atoms with Crippen LogP contribution in [-0.2, 0) is 21.8 Å². The van der Waals surface area contributed by atoms with Gasteiger partial charge >= 0.3 is 0 Å². The van der Waals surface area contributed by atoms with Gasteiger partial charge in [-0.3, -0.25) is 9.63 Å². The third kappa shape index (κ3) is 5.82. The number of hydrogen-bond acceptors (Lipinski definition) is 6. The molecule has 4 fully saturated rings. The Morgan fingerprint density at radius 2 is 1.93 bits per heavy atom. The molecule has 7 heteroatoms. The van der Waals surface area contributed by atoms with Crippen LogP contribution in [0, 0.1) is 40.9 Å². The van der Waals surface area contributed by atoms with Gasteiger partial charge in [-0.15, -0.1) is 0 Å². The van der Waals surface area contributed by atoms with Crippen LogP contribution in [0.1, 0.15) is 64.2 Å². The molecule has 9 atom stereocenters. The molecule has 4 N–H and O–H groups in total. The van der Waals surface area contributed by atoms with Crippen LogP contribution in [0.2, 0.25) is 0 Å². The second-order valence-electron chi connectivity index (χ2n) is 13.1. The highest BCUT2D eigenvalue weighted by atomic mass is 16.7. The first-order valence-electron chi connectivity index (χ1n) is 14.8. The molecule has 41 heavy (non-hydrogen) atoms. The van der Waals surface area contributed by atoms with Crippen molar-refractivity contribution in [2.24, 2.45) is 29.1 Å². The first kappa shape index (κ1) is 29.8. The number of nitrogens with zero attached hydrogens (tertiary/aromatic N) is 1. The van der Waals surface area contributed by atoms with Crippen LogP contribution >= 0.6 is 0 Å². The summed E-state index contributed by atoms with van der Waals surface area (Å²) in [5, 5.41) is 36.6. The van der Waals surface area contributed by atoms with Crippen LogP contribution in [0.3, 0.4) is 0 Å². The topological polar surface area (TPSA) is 102 Å². The predicted octanol–water partition coefficient (Wildman–Crippen LogP) is 3.61.